The van der Waals surface area contributed by atoms with E-state index in [-0.39, 0.29) is 0 Å². The fourth-order valence-corrected chi connectivity index (χ4v) is 2.60. The second-order valence-electron chi connectivity index (χ2n) is 4.73. The van der Waals surface area contributed by atoms with Crippen LogP contribution >= 0.6 is 15.9 Å². The van der Waals surface area contributed by atoms with Gasteiger partial charge in [-0.3, -0.25) is 0 Å². The minimum atomic E-state index is 0.674. The molecule has 2 rings (SSSR count). The standard InChI is InChI=1S/C18H17BrN2/c1-21(16-10-3-2-4-11-16)17(14-20)12-7-9-15-8-5-6-13-18(15)19/h2-6,8,10-13H,7,9H2,1H3/b17-12+. The van der Waals surface area contributed by atoms with E-state index < -0.39 is 0 Å². The van der Waals surface area contributed by atoms with Crippen LogP contribution in [0.1, 0.15) is 12.0 Å². The first kappa shape index (κ1) is 15.3. The first-order valence-corrected chi connectivity index (χ1v) is 7.64. The topological polar surface area (TPSA) is 27.0 Å². The van der Waals surface area contributed by atoms with Gasteiger partial charge >= 0.3 is 0 Å². The minimum absolute atomic E-state index is 0.674. The summed E-state index contributed by atoms with van der Waals surface area (Å²) in [5.74, 6) is 0. The van der Waals surface area contributed by atoms with Gasteiger partial charge in [-0.15, -0.1) is 0 Å². The molecule has 2 nitrogen and oxygen atoms in total. The zero-order valence-corrected chi connectivity index (χ0v) is 13.5. The van der Waals surface area contributed by atoms with E-state index in [1.54, 1.807) is 0 Å². The summed E-state index contributed by atoms with van der Waals surface area (Å²) in [7, 11) is 1.92. The van der Waals surface area contributed by atoms with Crippen LogP contribution in [0.25, 0.3) is 0 Å². The molecule has 21 heavy (non-hydrogen) atoms. The lowest BCUT2D eigenvalue weighted by molar-refractivity contribution is 0.974. The summed E-state index contributed by atoms with van der Waals surface area (Å²) in [6, 6.07) is 20.4. The molecule has 2 aromatic carbocycles. The van der Waals surface area contributed by atoms with E-state index in [0.717, 1.165) is 23.0 Å². The first-order valence-electron chi connectivity index (χ1n) is 6.85. The average molecular weight is 341 g/mol. The molecule has 3 heteroatoms. The van der Waals surface area contributed by atoms with Crippen molar-refractivity contribution in [3.8, 4) is 6.07 Å². The molecule has 2 aromatic rings. The highest BCUT2D eigenvalue weighted by atomic mass is 79.9. The molecule has 0 aliphatic carbocycles. The molecular formula is C18H17BrN2. The second kappa shape index (κ2) is 7.66. The van der Waals surface area contributed by atoms with Gasteiger partial charge in [-0.1, -0.05) is 52.3 Å². The number of benzene rings is 2. The predicted molar refractivity (Wildman–Crippen MR) is 91.0 cm³/mol. The average Bonchev–Trinajstić information content (AvgIpc) is 2.53. The monoisotopic (exact) mass is 340 g/mol. The summed E-state index contributed by atoms with van der Waals surface area (Å²) in [6.45, 7) is 0. The molecule has 106 valence electrons. The third-order valence-corrected chi connectivity index (χ3v) is 4.10. The fraction of sp³-hybridized carbons (Fsp3) is 0.167. The highest BCUT2D eigenvalue weighted by Gasteiger charge is 2.05. The van der Waals surface area contributed by atoms with Crippen LogP contribution < -0.4 is 4.90 Å². The van der Waals surface area contributed by atoms with Gasteiger partial charge < -0.3 is 4.90 Å². The lowest BCUT2D eigenvalue weighted by Gasteiger charge is -2.17. The molecule has 0 amide bonds. The Labute approximate surface area is 134 Å². The highest BCUT2D eigenvalue weighted by Crippen LogP contribution is 2.19. The number of aryl methyl sites for hydroxylation is 1. The number of nitriles is 1. The molecule has 0 saturated heterocycles. The maximum Gasteiger partial charge on any atom is 0.117 e. The van der Waals surface area contributed by atoms with Crippen molar-refractivity contribution in [2.45, 2.75) is 12.8 Å². The molecule has 0 aromatic heterocycles. The van der Waals surface area contributed by atoms with Crippen molar-refractivity contribution in [3.63, 3.8) is 0 Å². The SMILES string of the molecule is CN(/C(C#N)=C/CCc1ccccc1Br)c1ccccc1. The summed E-state index contributed by atoms with van der Waals surface area (Å²) >= 11 is 3.55. The van der Waals surface area contributed by atoms with Crippen LogP contribution in [0.15, 0.2) is 70.8 Å². The van der Waals surface area contributed by atoms with Gasteiger partial charge in [0.15, 0.2) is 0 Å². The zero-order valence-electron chi connectivity index (χ0n) is 12.0. The van der Waals surface area contributed by atoms with Crippen LogP contribution in [0, 0.1) is 11.3 Å². The Morgan fingerprint density at radius 1 is 1.14 bits per heavy atom. The van der Waals surface area contributed by atoms with Crippen LogP contribution in [0.5, 0.6) is 0 Å². The second-order valence-corrected chi connectivity index (χ2v) is 5.58. The highest BCUT2D eigenvalue weighted by molar-refractivity contribution is 9.10. The lowest BCUT2D eigenvalue weighted by atomic mass is 10.1. The van der Waals surface area contributed by atoms with Crippen molar-refractivity contribution in [1.29, 1.82) is 5.26 Å². The Balaban J connectivity index is 2.05. The van der Waals surface area contributed by atoms with E-state index in [1.165, 1.54) is 5.56 Å². The third-order valence-electron chi connectivity index (χ3n) is 3.33. The maximum absolute atomic E-state index is 9.34. The van der Waals surface area contributed by atoms with E-state index in [4.69, 9.17) is 0 Å². The summed E-state index contributed by atoms with van der Waals surface area (Å²) in [4.78, 5) is 1.92. The Bertz CT molecular complexity index is 656. The molecule has 0 aliphatic rings. The van der Waals surface area contributed by atoms with Gasteiger partial charge in [0, 0.05) is 17.2 Å². The molecule has 0 atom stereocenters. The summed E-state index contributed by atoms with van der Waals surface area (Å²) < 4.78 is 1.12. The quantitative estimate of drug-likeness (QED) is 0.722. The van der Waals surface area contributed by atoms with E-state index in [0.29, 0.717) is 5.70 Å². The van der Waals surface area contributed by atoms with Gasteiger partial charge in [0.2, 0.25) is 0 Å². The molecule has 0 N–H and O–H groups in total. The normalized spacial score (nSPS) is 11.0. The van der Waals surface area contributed by atoms with Gasteiger partial charge in [0.1, 0.15) is 11.8 Å². The molecule has 0 unspecified atom stereocenters. The largest absolute Gasteiger partial charge is 0.336 e. The van der Waals surface area contributed by atoms with Crippen LogP contribution in [-0.2, 0) is 6.42 Å². The van der Waals surface area contributed by atoms with Crippen LogP contribution in [0.4, 0.5) is 5.69 Å². The Morgan fingerprint density at radius 2 is 1.81 bits per heavy atom. The number of para-hydroxylation sites is 1. The number of anilines is 1. The van der Waals surface area contributed by atoms with Crippen molar-refractivity contribution in [2.24, 2.45) is 0 Å². The summed E-state index contributed by atoms with van der Waals surface area (Å²) in [6.07, 6.45) is 3.74. The molecule has 0 radical (unpaired) electrons. The summed E-state index contributed by atoms with van der Waals surface area (Å²) in [5, 5.41) is 9.34. The van der Waals surface area contributed by atoms with Gasteiger partial charge in [-0.25, -0.2) is 0 Å². The van der Waals surface area contributed by atoms with Gasteiger partial charge in [0.25, 0.3) is 0 Å². The maximum atomic E-state index is 9.34. The van der Waals surface area contributed by atoms with Crippen LogP contribution in [0.2, 0.25) is 0 Å². The number of hydrogen-bond donors (Lipinski definition) is 0. The number of allylic oxidation sites excluding steroid dienone is 2. The fourth-order valence-electron chi connectivity index (χ4n) is 2.11. The third kappa shape index (κ3) is 4.21. The smallest absolute Gasteiger partial charge is 0.117 e. The predicted octanol–water partition coefficient (Wildman–Crippen LogP) is 4.93. The first-order chi connectivity index (χ1) is 10.2. The minimum Gasteiger partial charge on any atom is -0.336 e. The van der Waals surface area contributed by atoms with Crippen molar-refractivity contribution < 1.29 is 0 Å². The van der Waals surface area contributed by atoms with E-state index in [2.05, 4.69) is 28.1 Å². The molecule has 0 bridgehead atoms. The van der Waals surface area contributed by atoms with Crippen molar-refractivity contribution >= 4 is 21.6 Å². The van der Waals surface area contributed by atoms with Crippen molar-refractivity contribution in [2.75, 3.05) is 11.9 Å². The van der Waals surface area contributed by atoms with Gasteiger partial charge in [-0.05, 0) is 42.7 Å². The Morgan fingerprint density at radius 3 is 2.48 bits per heavy atom. The number of halogens is 1. The van der Waals surface area contributed by atoms with Crippen molar-refractivity contribution in [1.82, 2.24) is 0 Å². The van der Waals surface area contributed by atoms with Gasteiger partial charge in [0.05, 0.1) is 0 Å². The molecule has 0 fully saturated rings. The van der Waals surface area contributed by atoms with Gasteiger partial charge in [-0.2, -0.15) is 5.26 Å². The molecular weight excluding hydrogens is 324 g/mol. The Kier molecular flexibility index (Phi) is 5.59. The van der Waals surface area contributed by atoms with Crippen LogP contribution in [-0.4, -0.2) is 7.05 Å². The molecule has 0 saturated carbocycles. The summed E-state index contributed by atoms with van der Waals surface area (Å²) in [5.41, 5.74) is 2.95. The number of rotatable bonds is 5. The molecule has 0 spiro atoms. The lowest BCUT2D eigenvalue weighted by Crippen LogP contribution is -2.15. The van der Waals surface area contributed by atoms with Crippen LogP contribution in [0.3, 0.4) is 0 Å². The van der Waals surface area contributed by atoms with E-state index in [1.807, 2.05) is 66.6 Å². The van der Waals surface area contributed by atoms with Crippen molar-refractivity contribution in [3.05, 3.63) is 76.4 Å². The van der Waals surface area contributed by atoms with E-state index >= 15 is 0 Å². The molecule has 0 aliphatic heterocycles. The number of hydrogen-bond acceptors (Lipinski definition) is 2. The molecule has 0 heterocycles. The Hall–Kier alpha value is -2.05. The van der Waals surface area contributed by atoms with E-state index in [9.17, 15) is 5.26 Å². The zero-order chi connectivity index (χ0) is 15.1. The number of nitrogens with zero attached hydrogens (tertiary/aromatic N) is 2.